The lowest BCUT2D eigenvalue weighted by Gasteiger charge is -2.10. The van der Waals surface area contributed by atoms with Crippen molar-refractivity contribution < 1.29 is 22.7 Å². The van der Waals surface area contributed by atoms with Crippen molar-refractivity contribution in [3.05, 3.63) is 47.8 Å². The van der Waals surface area contributed by atoms with E-state index in [0.717, 1.165) is 17.0 Å². The van der Waals surface area contributed by atoms with Gasteiger partial charge >= 0.3 is 6.18 Å². The number of benzene rings is 1. The number of aliphatic hydroxyl groups excluding tert-OH is 1. The average Bonchev–Trinajstić information content (AvgIpc) is 2.76. The van der Waals surface area contributed by atoms with E-state index in [0.29, 0.717) is 12.1 Å². The average molecular weight is 260 g/mol. The summed E-state index contributed by atoms with van der Waals surface area (Å²) in [6.45, 7) is -0.367. The van der Waals surface area contributed by atoms with Gasteiger partial charge in [0.05, 0.1) is 29.9 Å². The van der Waals surface area contributed by atoms with Crippen LogP contribution in [0, 0.1) is 5.82 Å². The van der Waals surface area contributed by atoms with Crippen LogP contribution in [0.4, 0.5) is 17.6 Å². The first kappa shape index (κ1) is 12.6. The molecule has 3 nitrogen and oxygen atoms in total. The van der Waals surface area contributed by atoms with Gasteiger partial charge in [0, 0.05) is 6.20 Å². The van der Waals surface area contributed by atoms with Crippen LogP contribution in [0.15, 0.2) is 30.7 Å². The van der Waals surface area contributed by atoms with E-state index in [4.69, 9.17) is 5.11 Å². The third-order valence-corrected chi connectivity index (χ3v) is 2.35. The van der Waals surface area contributed by atoms with Crippen LogP contribution in [0.5, 0.6) is 0 Å². The molecular weight excluding hydrogens is 252 g/mol. The first-order valence-electron chi connectivity index (χ1n) is 4.92. The molecular formula is C11H8F4N2O. The Morgan fingerprint density at radius 3 is 2.56 bits per heavy atom. The van der Waals surface area contributed by atoms with E-state index >= 15 is 0 Å². The number of hydrogen-bond donors (Lipinski definition) is 1. The molecule has 0 fully saturated rings. The first-order valence-corrected chi connectivity index (χ1v) is 4.92. The molecule has 0 bridgehead atoms. The molecule has 18 heavy (non-hydrogen) atoms. The van der Waals surface area contributed by atoms with Crippen LogP contribution in [0.1, 0.15) is 11.3 Å². The highest BCUT2D eigenvalue weighted by Gasteiger charge is 2.31. The number of nitrogens with zero attached hydrogens (tertiary/aromatic N) is 2. The van der Waals surface area contributed by atoms with Crippen molar-refractivity contribution in [2.45, 2.75) is 12.8 Å². The minimum absolute atomic E-state index is 0.242. The Kier molecular flexibility index (Phi) is 3.08. The Hall–Kier alpha value is -1.89. The Balaban J connectivity index is 2.49. The van der Waals surface area contributed by atoms with Crippen LogP contribution in [-0.4, -0.2) is 14.7 Å². The third kappa shape index (κ3) is 2.35. The van der Waals surface area contributed by atoms with E-state index in [1.165, 1.54) is 6.20 Å². The van der Waals surface area contributed by atoms with Crippen molar-refractivity contribution >= 4 is 0 Å². The maximum absolute atomic E-state index is 13.5. The second-order valence-electron chi connectivity index (χ2n) is 3.59. The molecule has 0 spiro atoms. The zero-order valence-corrected chi connectivity index (χ0v) is 8.95. The largest absolute Gasteiger partial charge is 0.416 e. The first-order chi connectivity index (χ1) is 8.41. The van der Waals surface area contributed by atoms with Crippen LogP contribution >= 0.6 is 0 Å². The van der Waals surface area contributed by atoms with E-state index in [1.54, 1.807) is 0 Å². The smallest absolute Gasteiger partial charge is 0.390 e. The van der Waals surface area contributed by atoms with E-state index in [9.17, 15) is 17.6 Å². The van der Waals surface area contributed by atoms with E-state index in [1.807, 2.05) is 0 Å². The molecule has 7 heteroatoms. The number of hydrogen-bond acceptors (Lipinski definition) is 2. The Bertz CT molecular complexity index is 562. The number of alkyl halides is 3. The van der Waals surface area contributed by atoms with Gasteiger partial charge in [-0.3, -0.25) is 0 Å². The van der Waals surface area contributed by atoms with Crippen LogP contribution in [-0.2, 0) is 12.8 Å². The van der Waals surface area contributed by atoms with Crippen molar-refractivity contribution in [2.24, 2.45) is 0 Å². The molecule has 0 aliphatic heterocycles. The topological polar surface area (TPSA) is 38.0 Å². The van der Waals surface area contributed by atoms with Crippen LogP contribution < -0.4 is 0 Å². The van der Waals surface area contributed by atoms with Gasteiger partial charge in [0.2, 0.25) is 0 Å². The molecule has 1 N–H and O–H groups in total. The second-order valence-corrected chi connectivity index (χ2v) is 3.59. The van der Waals surface area contributed by atoms with Gasteiger partial charge in [-0.1, -0.05) is 0 Å². The van der Waals surface area contributed by atoms with Crippen LogP contribution in [0.25, 0.3) is 5.69 Å². The van der Waals surface area contributed by atoms with Crippen molar-refractivity contribution in [1.82, 2.24) is 9.55 Å². The minimum atomic E-state index is -4.54. The van der Waals surface area contributed by atoms with Gasteiger partial charge < -0.3 is 9.67 Å². The molecule has 0 atom stereocenters. The summed E-state index contributed by atoms with van der Waals surface area (Å²) in [5.41, 5.74) is -0.970. The molecule has 1 aromatic heterocycles. The summed E-state index contributed by atoms with van der Waals surface area (Å²) in [5.74, 6) is -0.801. The molecule has 0 radical (unpaired) electrons. The summed E-state index contributed by atoms with van der Waals surface area (Å²) in [5, 5.41) is 8.80. The van der Waals surface area contributed by atoms with Crippen molar-refractivity contribution in [3.63, 3.8) is 0 Å². The maximum Gasteiger partial charge on any atom is 0.416 e. The fourth-order valence-electron chi connectivity index (χ4n) is 1.46. The molecule has 2 aromatic rings. The Morgan fingerprint density at radius 2 is 2.00 bits per heavy atom. The normalized spacial score (nSPS) is 11.8. The molecule has 1 aromatic carbocycles. The van der Waals surface area contributed by atoms with Gasteiger partial charge in [0.15, 0.2) is 0 Å². The molecule has 0 aliphatic carbocycles. The number of imidazole rings is 1. The zero-order valence-electron chi connectivity index (χ0n) is 8.95. The zero-order chi connectivity index (χ0) is 13.3. The van der Waals surface area contributed by atoms with E-state index in [-0.39, 0.29) is 18.0 Å². The summed E-state index contributed by atoms with van der Waals surface area (Å²) in [7, 11) is 0. The lowest BCUT2D eigenvalue weighted by Crippen LogP contribution is -2.07. The van der Waals surface area contributed by atoms with Gasteiger partial charge in [-0.2, -0.15) is 13.2 Å². The molecule has 0 saturated heterocycles. The fraction of sp³-hybridized carbons (Fsp3) is 0.182. The minimum Gasteiger partial charge on any atom is -0.390 e. The molecule has 0 amide bonds. The van der Waals surface area contributed by atoms with Gasteiger partial charge in [0.1, 0.15) is 5.82 Å². The summed E-state index contributed by atoms with van der Waals surface area (Å²) in [6.07, 6.45) is -2.13. The molecule has 2 rings (SSSR count). The Morgan fingerprint density at radius 1 is 1.28 bits per heavy atom. The van der Waals surface area contributed by atoms with E-state index < -0.39 is 17.6 Å². The van der Waals surface area contributed by atoms with Gasteiger partial charge in [0.25, 0.3) is 0 Å². The molecule has 0 unspecified atom stereocenters. The van der Waals surface area contributed by atoms with Crippen LogP contribution in [0.2, 0.25) is 0 Å². The van der Waals surface area contributed by atoms with Crippen LogP contribution in [0.3, 0.4) is 0 Å². The van der Waals surface area contributed by atoms with Crippen molar-refractivity contribution in [2.75, 3.05) is 0 Å². The quantitative estimate of drug-likeness (QED) is 0.842. The summed E-state index contributed by atoms with van der Waals surface area (Å²) in [6, 6.07) is 2.11. The molecule has 96 valence electrons. The summed E-state index contributed by atoms with van der Waals surface area (Å²) in [4.78, 5) is 3.71. The lowest BCUT2D eigenvalue weighted by atomic mass is 10.2. The third-order valence-electron chi connectivity index (χ3n) is 2.35. The highest BCUT2D eigenvalue weighted by molar-refractivity contribution is 5.39. The number of rotatable bonds is 2. The van der Waals surface area contributed by atoms with Crippen molar-refractivity contribution in [1.29, 1.82) is 0 Å². The lowest BCUT2D eigenvalue weighted by molar-refractivity contribution is -0.137. The fourth-order valence-corrected chi connectivity index (χ4v) is 1.46. The monoisotopic (exact) mass is 260 g/mol. The predicted octanol–water partition coefficient (Wildman–Crippen LogP) is 2.52. The second kappa shape index (κ2) is 4.41. The number of aromatic nitrogens is 2. The summed E-state index contributed by atoms with van der Waals surface area (Å²) >= 11 is 0. The van der Waals surface area contributed by atoms with Gasteiger partial charge in [-0.05, 0) is 18.2 Å². The van der Waals surface area contributed by atoms with E-state index in [2.05, 4.69) is 4.98 Å². The summed E-state index contributed by atoms with van der Waals surface area (Å²) < 4.78 is 52.1. The molecule has 0 aliphatic rings. The molecule has 0 saturated carbocycles. The van der Waals surface area contributed by atoms with Gasteiger partial charge in [-0.25, -0.2) is 9.37 Å². The Labute approximate surface area is 99.3 Å². The maximum atomic E-state index is 13.5. The van der Waals surface area contributed by atoms with Crippen molar-refractivity contribution in [3.8, 4) is 5.69 Å². The SMILES string of the molecule is OCc1cn(-c2cc(C(F)(F)F)ccc2F)cn1. The predicted molar refractivity (Wildman–Crippen MR) is 54.4 cm³/mol. The number of aliphatic hydroxyl groups is 1. The number of halogens is 4. The standard InChI is InChI=1S/C11H8F4N2O/c12-9-2-1-7(11(13,14)15)3-10(9)17-4-8(5-18)16-6-17/h1-4,6,18H,5H2. The molecule has 1 heterocycles. The highest BCUT2D eigenvalue weighted by Crippen LogP contribution is 2.31. The highest BCUT2D eigenvalue weighted by atomic mass is 19.4. The van der Waals surface area contributed by atoms with Gasteiger partial charge in [-0.15, -0.1) is 0 Å².